The van der Waals surface area contributed by atoms with E-state index < -0.39 is 11.1 Å². The van der Waals surface area contributed by atoms with Crippen molar-refractivity contribution in [1.29, 1.82) is 0 Å². The molecule has 1 saturated heterocycles. The van der Waals surface area contributed by atoms with Crippen LogP contribution in [0.25, 0.3) is 0 Å². The Bertz CT molecular complexity index is 877. The minimum Gasteiger partial charge on any atom is -0.325 e. The van der Waals surface area contributed by atoms with Crippen molar-refractivity contribution in [2.75, 3.05) is 16.0 Å². The molecule has 1 aliphatic rings. The Kier molecular flexibility index (Phi) is 5.58. The van der Waals surface area contributed by atoms with Crippen LogP contribution in [-0.4, -0.2) is 28.7 Å². The van der Waals surface area contributed by atoms with Gasteiger partial charge in [0.05, 0.1) is 16.7 Å². The average Bonchev–Trinajstić information content (AvgIpc) is 2.87. The number of benzene rings is 2. The van der Waals surface area contributed by atoms with Crippen molar-refractivity contribution >= 4 is 52.5 Å². The van der Waals surface area contributed by atoms with Gasteiger partial charge in [-0.25, -0.2) is 9.29 Å². The highest BCUT2D eigenvalue weighted by molar-refractivity contribution is 8.01. The highest BCUT2D eigenvalue weighted by Gasteiger charge is 2.40. The number of nitrogens with one attached hydrogen (secondary N) is 1. The van der Waals surface area contributed by atoms with Gasteiger partial charge in [-0.1, -0.05) is 23.7 Å². The van der Waals surface area contributed by atoms with Gasteiger partial charge in [0.2, 0.25) is 17.7 Å². The maximum atomic E-state index is 13.1. The quantitative estimate of drug-likeness (QED) is 0.791. The Morgan fingerprint density at radius 3 is 2.73 bits per heavy atom. The predicted molar refractivity (Wildman–Crippen MR) is 99.8 cm³/mol. The Hall–Kier alpha value is -2.38. The zero-order valence-corrected chi connectivity index (χ0v) is 15.0. The van der Waals surface area contributed by atoms with E-state index in [0.717, 1.165) is 16.7 Å². The van der Waals surface area contributed by atoms with Crippen LogP contribution in [0.3, 0.4) is 0 Å². The van der Waals surface area contributed by atoms with Crippen molar-refractivity contribution in [1.82, 2.24) is 0 Å². The van der Waals surface area contributed by atoms with Crippen LogP contribution in [-0.2, 0) is 14.4 Å². The second-order valence-electron chi connectivity index (χ2n) is 5.61. The van der Waals surface area contributed by atoms with Crippen LogP contribution in [0.15, 0.2) is 48.5 Å². The molecule has 2 aromatic carbocycles. The fraction of sp³-hybridized carbons (Fsp3) is 0.167. The molecule has 0 saturated carbocycles. The summed E-state index contributed by atoms with van der Waals surface area (Å²) in [6.07, 6.45) is 0.0171. The molecule has 0 bridgehead atoms. The van der Waals surface area contributed by atoms with Gasteiger partial charge in [-0.05, 0) is 36.4 Å². The van der Waals surface area contributed by atoms with Gasteiger partial charge < -0.3 is 5.32 Å². The third-order valence-electron chi connectivity index (χ3n) is 3.70. The van der Waals surface area contributed by atoms with Crippen LogP contribution in [0, 0.1) is 5.82 Å². The monoisotopic (exact) mass is 392 g/mol. The van der Waals surface area contributed by atoms with Gasteiger partial charge in [0.1, 0.15) is 5.82 Å². The van der Waals surface area contributed by atoms with Gasteiger partial charge in [0, 0.05) is 17.1 Å². The summed E-state index contributed by atoms with van der Waals surface area (Å²) in [6, 6.07) is 12.0. The first-order chi connectivity index (χ1) is 12.4. The number of halogens is 2. The van der Waals surface area contributed by atoms with Crippen molar-refractivity contribution in [3.05, 3.63) is 59.4 Å². The van der Waals surface area contributed by atoms with Crippen molar-refractivity contribution in [3.8, 4) is 0 Å². The van der Waals surface area contributed by atoms with E-state index in [2.05, 4.69) is 5.32 Å². The van der Waals surface area contributed by atoms with Gasteiger partial charge in [-0.15, -0.1) is 11.8 Å². The van der Waals surface area contributed by atoms with Gasteiger partial charge in [0.25, 0.3) is 0 Å². The number of hydrogen-bond acceptors (Lipinski definition) is 4. The van der Waals surface area contributed by atoms with E-state index in [1.54, 1.807) is 30.3 Å². The molecule has 0 aromatic heterocycles. The molecule has 5 nitrogen and oxygen atoms in total. The lowest BCUT2D eigenvalue weighted by Gasteiger charge is -2.15. The van der Waals surface area contributed by atoms with E-state index in [4.69, 9.17) is 11.6 Å². The van der Waals surface area contributed by atoms with Crippen LogP contribution in [0.4, 0.5) is 15.8 Å². The molecule has 3 rings (SSSR count). The number of thioether (sulfide) groups is 1. The summed E-state index contributed by atoms with van der Waals surface area (Å²) in [7, 11) is 0. The standard InChI is InChI=1S/C18H14ClFN2O3S/c19-11-3-1-6-14(7-11)22-17(24)9-15(18(22)25)26-10-16(23)21-13-5-2-4-12(20)8-13/h1-8,15H,9-10H2,(H,21,23)/t15-/m0/s1. The molecule has 0 aliphatic carbocycles. The third-order valence-corrected chi connectivity index (χ3v) is 5.13. The zero-order chi connectivity index (χ0) is 18.7. The summed E-state index contributed by atoms with van der Waals surface area (Å²) in [5, 5.41) is 2.34. The Labute approximate surface area is 158 Å². The maximum absolute atomic E-state index is 13.1. The van der Waals surface area contributed by atoms with Crippen LogP contribution >= 0.6 is 23.4 Å². The Balaban J connectivity index is 1.60. The summed E-state index contributed by atoms with van der Waals surface area (Å²) < 4.78 is 13.1. The Morgan fingerprint density at radius 1 is 1.23 bits per heavy atom. The number of nitrogens with zero attached hydrogens (tertiary/aromatic N) is 1. The number of carbonyl (C=O) groups is 3. The molecule has 3 amide bonds. The molecule has 1 heterocycles. The predicted octanol–water partition coefficient (Wildman–Crippen LogP) is 3.48. The zero-order valence-electron chi connectivity index (χ0n) is 13.4. The number of anilines is 2. The van der Waals surface area contributed by atoms with Crippen LogP contribution in [0.5, 0.6) is 0 Å². The van der Waals surface area contributed by atoms with E-state index in [1.807, 2.05) is 0 Å². The van der Waals surface area contributed by atoms with Gasteiger partial charge in [-0.3, -0.25) is 14.4 Å². The number of imide groups is 1. The second kappa shape index (κ2) is 7.88. The van der Waals surface area contributed by atoms with E-state index in [9.17, 15) is 18.8 Å². The topological polar surface area (TPSA) is 66.5 Å². The highest BCUT2D eigenvalue weighted by Crippen LogP contribution is 2.30. The first-order valence-electron chi connectivity index (χ1n) is 7.73. The molecule has 0 radical (unpaired) electrons. The van der Waals surface area contributed by atoms with Crippen molar-refractivity contribution in [3.63, 3.8) is 0 Å². The second-order valence-corrected chi connectivity index (χ2v) is 7.24. The molecule has 1 aliphatic heterocycles. The Morgan fingerprint density at radius 2 is 2.00 bits per heavy atom. The first kappa shape index (κ1) is 18.4. The third kappa shape index (κ3) is 4.23. The minimum absolute atomic E-state index is 0.0171. The van der Waals surface area contributed by atoms with E-state index in [0.29, 0.717) is 16.4 Å². The first-order valence-corrected chi connectivity index (χ1v) is 9.16. The fourth-order valence-electron chi connectivity index (χ4n) is 2.56. The largest absolute Gasteiger partial charge is 0.325 e. The highest BCUT2D eigenvalue weighted by atomic mass is 35.5. The van der Waals surface area contributed by atoms with Crippen LogP contribution < -0.4 is 10.2 Å². The SMILES string of the molecule is O=C(CS[C@H]1CC(=O)N(c2cccc(Cl)c2)C1=O)Nc1cccc(F)c1. The molecule has 134 valence electrons. The molecule has 0 unspecified atom stereocenters. The summed E-state index contributed by atoms with van der Waals surface area (Å²) in [6.45, 7) is 0. The molecule has 1 N–H and O–H groups in total. The van der Waals surface area contributed by atoms with Crippen molar-refractivity contribution < 1.29 is 18.8 Å². The maximum Gasteiger partial charge on any atom is 0.247 e. The molecule has 26 heavy (non-hydrogen) atoms. The fourth-order valence-corrected chi connectivity index (χ4v) is 3.68. The minimum atomic E-state index is -0.639. The molecule has 0 spiro atoms. The van der Waals surface area contributed by atoms with E-state index in [1.165, 1.54) is 18.2 Å². The molecular formula is C18H14ClFN2O3S. The van der Waals surface area contributed by atoms with E-state index >= 15 is 0 Å². The lowest BCUT2D eigenvalue weighted by molar-refractivity contribution is -0.121. The molecule has 1 atom stereocenters. The van der Waals surface area contributed by atoms with Crippen LogP contribution in [0.1, 0.15) is 6.42 Å². The molecule has 2 aromatic rings. The number of rotatable bonds is 5. The van der Waals surface area contributed by atoms with Gasteiger partial charge >= 0.3 is 0 Å². The number of amides is 3. The number of hydrogen-bond donors (Lipinski definition) is 1. The van der Waals surface area contributed by atoms with Crippen LogP contribution in [0.2, 0.25) is 5.02 Å². The number of carbonyl (C=O) groups excluding carboxylic acids is 3. The van der Waals surface area contributed by atoms with E-state index in [-0.39, 0.29) is 29.9 Å². The summed E-state index contributed by atoms with van der Waals surface area (Å²) >= 11 is 6.99. The summed E-state index contributed by atoms with van der Waals surface area (Å²) in [5.41, 5.74) is 0.754. The summed E-state index contributed by atoms with van der Waals surface area (Å²) in [4.78, 5) is 37.8. The average molecular weight is 393 g/mol. The smallest absolute Gasteiger partial charge is 0.247 e. The van der Waals surface area contributed by atoms with Crippen molar-refractivity contribution in [2.24, 2.45) is 0 Å². The lowest BCUT2D eigenvalue weighted by Crippen LogP contribution is -2.31. The lowest BCUT2D eigenvalue weighted by atomic mass is 10.3. The van der Waals surface area contributed by atoms with Gasteiger partial charge in [-0.2, -0.15) is 0 Å². The molecule has 8 heteroatoms. The van der Waals surface area contributed by atoms with Gasteiger partial charge in [0.15, 0.2) is 0 Å². The normalized spacial score (nSPS) is 16.8. The van der Waals surface area contributed by atoms with Crippen molar-refractivity contribution in [2.45, 2.75) is 11.7 Å². The molecule has 1 fully saturated rings. The molecular weight excluding hydrogens is 379 g/mol. The summed E-state index contributed by atoms with van der Waals surface area (Å²) in [5.74, 6) is -1.56.